The van der Waals surface area contributed by atoms with Gasteiger partial charge in [-0.2, -0.15) is 5.10 Å². The zero-order chi connectivity index (χ0) is 17.1. The number of carbonyl (C=O) groups is 1. The van der Waals surface area contributed by atoms with Crippen LogP contribution >= 0.6 is 0 Å². The molecule has 0 aromatic carbocycles. The van der Waals surface area contributed by atoms with Crippen molar-refractivity contribution in [2.24, 2.45) is 13.0 Å². The topological polar surface area (TPSA) is 81.8 Å². The molecule has 2 atom stereocenters. The Morgan fingerprint density at radius 2 is 2.17 bits per heavy atom. The highest BCUT2D eigenvalue weighted by molar-refractivity contribution is 5.76. The van der Waals surface area contributed by atoms with E-state index in [-0.39, 0.29) is 17.5 Å². The predicted molar refractivity (Wildman–Crippen MR) is 91.6 cm³/mol. The fourth-order valence-corrected chi connectivity index (χ4v) is 3.61. The smallest absolute Gasteiger partial charge is 0.264 e. The lowest BCUT2D eigenvalue weighted by Crippen LogP contribution is -2.42. The highest BCUT2D eigenvalue weighted by Crippen LogP contribution is 2.26. The number of nitrogens with one attached hydrogen (secondary N) is 1. The van der Waals surface area contributed by atoms with Gasteiger partial charge in [0.05, 0.1) is 12.5 Å². The van der Waals surface area contributed by atoms with Crippen LogP contribution in [0.1, 0.15) is 45.4 Å². The standard InChI is InChI=1S/C17H25N5O2/c1-3-12-6-4-5-7-14(12)20-15(23)8-9-22-11-18-16-13(17(22)24)10-19-21(16)2/h10-12,14H,3-9H2,1-2H3,(H,20,23)/t12-,14-/m0/s1. The molecule has 1 N–H and O–H groups in total. The van der Waals surface area contributed by atoms with Crippen LogP contribution in [0.4, 0.5) is 0 Å². The summed E-state index contributed by atoms with van der Waals surface area (Å²) >= 11 is 0. The Labute approximate surface area is 141 Å². The first-order valence-corrected chi connectivity index (χ1v) is 8.76. The Morgan fingerprint density at radius 1 is 1.38 bits per heavy atom. The maximum absolute atomic E-state index is 12.4. The van der Waals surface area contributed by atoms with Crippen molar-refractivity contribution >= 4 is 16.9 Å². The van der Waals surface area contributed by atoms with Crippen LogP contribution in [0.15, 0.2) is 17.3 Å². The molecule has 3 rings (SSSR count). The number of carbonyl (C=O) groups excluding carboxylic acids is 1. The number of hydrogen-bond donors (Lipinski definition) is 1. The number of aryl methyl sites for hydroxylation is 2. The summed E-state index contributed by atoms with van der Waals surface area (Å²) in [6.07, 6.45) is 9.12. The molecule has 1 aliphatic carbocycles. The summed E-state index contributed by atoms with van der Waals surface area (Å²) < 4.78 is 3.06. The Kier molecular flexibility index (Phi) is 4.97. The minimum absolute atomic E-state index is 0.0125. The van der Waals surface area contributed by atoms with Gasteiger partial charge in [-0.05, 0) is 18.8 Å². The van der Waals surface area contributed by atoms with E-state index in [9.17, 15) is 9.59 Å². The average Bonchev–Trinajstić information content (AvgIpc) is 2.97. The van der Waals surface area contributed by atoms with E-state index >= 15 is 0 Å². The zero-order valence-electron chi connectivity index (χ0n) is 14.4. The lowest BCUT2D eigenvalue weighted by atomic mass is 9.83. The Balaban J connectivity index is 1.62. The van der Waals surface area contributed by atoms with Crippen LogP contribution in [-0.4, -0.2) is 31.3 Å². The molecule has 0 bridgehead atoms. The molecular weight excluding hydrogens is 306 g/mol. The molecule has 0 saturated heterocycles. The van der Waals surface area contributed by atoms with E-state index in [1.807, 2.05) is 0 Å². The molecule has 0 radical (unpaired) electrons. The van der Waals surface area contributed by atoms with Crippen molar-refractivity contribution in [1.82, 2.24) is 24.6 Å². The Bertz CT molecular complexity index is 779. The van der Waals surface area contributed by atoms with Crippen LogP contribution in [0, 0.1) is 5.92 Å². The van der Waals surface area contributed by atoms with Gasteiger partial charge in [0.2, 0.25) is 5.91 Å². The first-order valence-electron chi connectivity index (χ1n) is 8.76. The molecule has 7 heteroatoms. The molecule has 2 aromatic heterocycles. The largest absolute Gasteiger partial charge is 0.353 e. The van der Waals surface area contributed by atoms with E-state index < -0.39 is 0 Å². The number of nitrogens with zero attached hydrogens (tertiary/aromatic N) is 4. The van der Waals surface area contributed by atoms with Crippen molar-refractivity contribution in [1.29, 1.82) is 0 Å². The summed E-state index contributed by atoms with van der Waals surface area (Å²) in [5, 5.41) is 7.69. The molecule has 0 aliphatic heterocycles. The molecule has 2 heterocycles. The van der Waals surface area contributed by atoms with Gasteiger partial charge in [0.25, 0.3) is 5.56 Å². The molecule has 1 aliphatic rings. The first kappa shape index (κ1) is 16.7. The molecule has 0 spiro atoms. The van der Waals surface area contributed by atoms with Gasteiger partial charge in [-0.1, -0.05) is 26.2 Å². The van der Waals surface area contributed by atoms with Crippen molar-refractivity contribution in [2.75, 3.05) is 0 Å². The van der Waals surface area contributed by atoms with E-state index in [4.69, 9.17) is 0 Å². The van der Waals surface area contributed by atoms with Crippen molar-refractivity contribution in [3.05, 3.63) is 22.9 Å². The molecule has 7 nitrogen and oxygen atoms in total. The summed E-state index contributed by atoms with van der Waals surface area (Å²) in [7, 11) is 1.75. The Morgan fingerprint density at radius 3 is 2.96 bits per heavy atom. The third kappa shape index (κ3) is 3.34. The zero-order valence-corrected chi connectivity index (χ0v) is 14.4. The highest BCUT2D eigenvalue weighted by Gasteiger charge is 2.24. The molecule has 1 fully saturated rings. The fraction of sp³-hybridized carbons (Fsp3) is 0.647. The van der Waals surface area contributed by atoms with Crippen LogP contribution < -0.4 is 10.9 Å². The number of aromatic nitrogens is 4. The van der Waals surface area contributed by atoms with Crippen molar-refractivity contribution in [3.63, 3.8) is 0 Å². The summed E-state index contributed by atoms with van der Waals surface area (Å²) in [6, 6.07) is 0.284. The Hall–Kier alpha value is -2.18. The van der Waals surface area contributed by atoms with E-state index in [0.717, 1.165) is 12.8 Å². The predicted octanol–water partition coefficient (Wildman–Crippen LogP) is 1.61. The van der Waals surface area contributed by atoms with Crippen molar-refractivity contribution in [2.45, 2.75) is 58.0 Å². The monoisotopic (exact) mass is 331 g/mol. The normalized spacial score (nSPS) is 21.1. The lowest BCUT2D eigenvalue weighted by molar-refractivity contribution is -0.122. The number of amides is 1. The molecular formula is C17H25N5O2. The molecule has 2 aromatic rings. The minimum atomic E-state index is -0.148. The van der Waals surface area contributed by atoms with Gasteiger partial charge in [0, 0.05) is 26.1 Å². The van der Waals surface area contributed by atoms with E-state index in [1.165, 1.54) is 36.4 Å². The molecule has 0 unspecified atom stereocenters. The van der Waals surface area contributed by atoms with Gasteiger partial charge < -0.3 is 5.32 Å². The van der Waals surface area contributed by atoms with Crippen LogP contribution in [0.2, 0.25) is 0 Å². The third-order valence-corrected chi connectivity index (χ3v) is 5.08. The van der Waals surface area contributed by atoms with E-state index in [0.29, 0.717) is 29.9 Å². The second-order valence-corrected chi connectivity index (χ2v) is 6.63. The van der Waals surface area contributed by atoms with E-state index in [1.54, 1.807) is 11.7 Å². The molecule has 1 amide bonds. The number of hydrogen-bond acceptors (Lipinski definition) is 4. The maximum Gasteiger partial charge on any atom is 0.264 e. The SMILES string of the molecule is CC[C@H]1CCCC[C@@H]1NC(=O)CCn1cnc2c(cnn2C)c1=O. The third-order valence-electron chi connectivity index (χ3n) is 5.08. The van der Waals surface area contributed by atoms with Crippen LogP contribution in [-0.2, 0) is 18.4 Å². The van der Waals surface area contributed by atoms with Gasteiger partial charge in [-0.3, -0.25) is 18.8 Å². The fourth-order valence-electron chi connectivity index (χ4n) is 3.61. The summed E-state index contributed by atoms with van der Waals surface area (Å²) in [4.78, 5) is 28.9. The molecule has 24 heavy (non-hydrogen) atoms. The van der Waals surface area contributed by atoms with Crippen molar-refractivity contribution in [3.8, 4) is 0 Å². The first-order chi connectivity index (χ1) is 11.6. The minimum Gasteiger partial charge on any atom is -0.353 e. The van der Waals surface area contributed by atoms with Crippen LogP contribution in [0.25, 0.3) is 11.0 Å². The van der Waals surface area contributed by atoms with Crippen LogP contribution in [0.5, 0.6) is 0 Å². The van der Waals surface area contributed by atoms with Crippen LogP contribution in [0.3, 0.4) is 0 Å². The number of fused-ring (bicyclic) bond motifs is 1. The van der Waals surface area contributed by atoms with Gasteiger partial charge in [-0.15, -0.1) is 0 Å². The van der Waals surface area contributed by atoms with Gasteiger partial charge in [-0.25, -0.2) is 4.98 Å². The highest BCUT2D eigenvalue weighted by atomic mass is 16.2. The average molecular weight is 331 g/mol. The van der Waals surface area contributed by atoms with Crippen molar-refractivity contribution < 1.29 is 4.79 Å². The van der Waals surface area contributed by atoms with Gasteiger partial charge in [0.1, 0.15) is 5.39 Å². The van der Waals surface area contributed by atoms with Gasteiger partial charge >= 0.3 is 0 Å². The quantitative estimate of drug-likeness (QED) is 0.902. The van der Waals surface area contributed by atoms with E-state index in [2.05, 4.69) is 22.3 Å². The van der Waals surface area contributed by atoms with Gasteiger partial charge in [0.15, 0.2) is 5.65 Å². The summed E-state index contributed by atoms with van der Waals surface area (Å²) in [5.74, 6) is 0.595. The molecule has 130 valence electrons. The molecule has 1 saturated carbocycles. The summed E-state index contributed by atoms with van der Waals surface area (Å²) in [5.41, 5.74) is 0.415. The number of rotatable bonds is 5. The summed E-state index contributed by atoms with van der Waals surface area (Å²) in [6.45, 7) is 2.52. The maximum atomic E-state index is 12.4. The second-order valence-electron chi connectivity index (χ2n) is 6.63. The second kappa shape index (κ2) is 7.15. The lowest BCUT2D eigenvalue weighted by Gasteiger charge is -2.31.